The minimum Gasteiger partial charge on any atom is -0.448 e. The molecule has 3 aliphatic rings. The maximum absolute atomic E-state index is 15.3. The monoisotopic (exact) mass is 847 g/mol. The highest BCUT2D eigenvalue weighted by Gasteiger charge is 2.48. The van der Waals surface area contributed by atoms with Crippen molar-refractivity contribution in [1.29, 1.82) is 0 Å². The van der Waals surface area contributed by atoms with Crippen molar-refractivity contribution >= 4 is 39.7 Å². The van der Waals surface area contributed by atoms with E-state index in [0.29, 0.717) is 22.9 Å². The molecular weight excluding hydrogens is 804 g/mol. The number of nitrogens with zero attached hydrogens (tertiary/aromatic N) is 4. The van der Waals surface area contributed by atoms with Crippen molar-refractivity contribution < 1.29 is 32.3 Å². The molecule has 7 aromatic rings. The van der Waals surface area contributed by atoms with Crippen molar-refractivity contribution in [3.05, 3.63) is 173 Å². The van der Waals surface area contributed by atoms with Crippen LogP contribution in [0, 0.1) is 0 Å². The van der Waals surface area contributed by atoms with Crippen molar-refractivity contribution in [1.82, 2.24) is 24.7 Å². The fourth-order valence-corrected chi connectivity index (χ4v) is 10.2. The number of likely N-dealkylation sites (tertiary alicyclic amines) is 1. The molecule has 3 atom stereocenters. The zero-order valence-corrected chi connectivity index (χ0v) is 34.3. The average Bonchev–Trinajstić information content (AvgIpc) is 3.84. The van der Waals surface area contributed by atoms with Gasteiger partial charge in [0.15, 0.2) is 0 Å². The number of alkyl halides is 3. The van der Waals surface area contributed by atoms with Gasteiger partial charge in [-0.05, 0) is 76.4 Å². The number of piperidine rings is 1. The predicted octanol–water partition coefficient (Wildman–Crippen LogP) is 9.59. The Bertz CT molecular complexity index is 2810. The second-order valence-electron chi connectivity index (χ2n) is 16.8. The summed E-state index contributed by atoms with van der Waals surface area (Å²) >= 11 is 0. The molecule has 10 rings (SSSR count). The number of amides is 3. The summed E-state index contributed by atoms with van der Waals surface area (Å²) in [6.45, 7) is -0.0264. The summed E-state index contributed by atoms with van der Waals surface area (Å²) in [5.41, 5.74) is 9.03. The quantitative estimate of drug-likeness (QED) is 0.164. The number of rotatable bonds is 8. The number of ether oxygens (including phenoxy) is 1. The van der Waals surface area contributed by atoms with Crippen LogP contribution < -0.4 is 0 Å². The summed E-state index contributed by atoms with van der Waals surface area (Å²) in [6, 6.07) is 39.9. The SMILES string of the molecule is O=C([C@@H]1Cc2c([nH]c3ccccc23)CN1C(=O)OCC1c2ccccc2-c2ccccc21)N1CC[C@H](N(Cc2ccnc3ccccc23)C(=O)C(F)(F)F)C[C@H]1Cc1ccccc1. The van der Waals surface area contributed by atoms with Crippen LogP contribution in [0.2, 0.25) is 0 Å². The summed E-state index contributed by atoms with van der Waals surface area (Å²) in [5.74, 6) is -2.43. The van der Waals surface area contributed by atoms with Gasteiger partial charge in [0, 0.05) is 65.7 Å². The molecule has 1 aliphatic carbocycles. The first-order valence-corrected chi connectivity index (χ1v) is 21.4. The number of para-hydroxylation sites is 2. The second-order valence-corrected chi connectivity index (χ2v) is 16.8. The molecule has 318 valence electrons. The molecule has 3 amide bonds. The maximum atomic E-state index is 15.3. The molecule has 0 bridgehead atoms. The minimum atomic E-state index is -5.12. The normalized spacial score (nSPS) is 18.5. The van der Waals surface area contributed by atoms with Gasteiger partial charge in [-0.2, -0.15) is 13.2 Å². The Hall–Kier alpha value is -6.95. The van der Waals surface area contributed by atoms with Gasteiger partial charge in [0.05, 0.1) is 12.1 Å². The van der Waals surface area contributed by atoms with Crippen molar-refractivity contribution in [3.8, 4) is 11.1 Å². The molecule has 9 nitrogen and oxygen atoms in total. The third kappa shape index (κ3) is 7.57. The van der Waals surface area contributed by atoms with Crippen LogP contribution in [0.15, 0.2) is 140 Å². The molecule has 4 heterocycles. The van der Waals surface area contributed by atoms with Crippen molar-refractivity contribution in [3.63, 3.8) is 0 Å². The number of aromatic nitrogens is 2. The molecule has 0 radical (unpaired) electrons. The number of aromatic amines is 1. The number of hydrogen-bond acceptors (Lipinski definition) is 5. The summed E-state index contributed by atoms with van der Waals surface area (Å²) < 4.78 is 49.6. The molecule has 1 fully saturated rings. The number of carbonyl (C=O) groups excluding carboxylic acids is 3. The van der Waals surface area contributed by atoms with Gasteiger partial charge in [0.25, 0.3) is 0 Å². The summed E-state index contributed by atoms with van der Waals surface area (Å²) in [7, 11) is 0. The van der Waals surface area contributed by atoms with E-state index in [1.165, 1.54) is 4.90 Å². The van der Waals surface area contributed by atoms with Gasteiger partial charge in [0.2, 0.25) is 5.91 Å². The zero-order valence-electron chi connectivity index (χ0n) is 34.3. The topological polar surface area (TPSA) is 98.8 Å². The number of fused-ring (bicyclic) bond motifs is 7. The van der Waals surface area contributed by atoms with E-state index in [-0.39, 0.29) is 57.3 Å². The molecule has 63 heavy (non-hydrogen) atoms. The first kappa shape index (κ1) is 40.1. The Morgan fingerprint density at radius 2 is 1.44 bits per heavy atom. The predicted molar refractivity (Wildman–Crippen MR) is 233 cm³/mol. The van der Waals surface area contributed by atoms with Crippen LogP contribution in [0.25, 0.3) is 32.9 Å². The molecule has 1 N–H and O–H groups in total. The van der Waals surface area contributed by atoms with E-state index in [9.17, 15) is 22.8 Å². The Balaban J connectivity index is 0.969. The number of H-pyrrole nitrogens is 1. The van der Waals surface area contributed by atoms with Crippen LogP contribution in [0.3, 0.4) is 0 Å². The van der Waals surface area contributed by atoms with Crippen LogP contribution in [-0.4, -0.2) is 80.0 Å². The van der Waals surface area contributed by atoms with Crippen molar-refractivity contribution in [2.75, 3.05) is 13.2 Å². The smallest absolute Gasteiger partial charge is 0.448 e. The van der Waals surface area contributed by atoms with E-state index in [1.807, 2.05) is 78.9 Å². The highest BCUT2D eigenvalue weighted by molar-refractivity contribution is 5.91. The van der Waals surface area contributed by atoms with E-state index in [1.54, 1.807) is 41.4 Å². The third-order valence-electron chi connectivity index (χ3n) is 13.2. The standard InChI is InChI=1S/C51H44F3N5O4/c52-51(53,54)49(61)58(29-33-22-24-55-44-20-10-8-14-36(33)44)34-23-25-57(35(27-34)26-32-12-2-1-3-13-32)48(60)47-28-42-41-19-9-11-21-45(41)56-46(42)30-59(47)50(62)63-31-43-39-17-6-4-15-37(39)38-16-5-7-18-40(38)43/h1-22,24,34-35,43,47,56H,23,25-31H2/t34-,35+,47-/m0/s1. The van der Waals surface area contributed by atoms with E-state index < -0.39 is 36.3 Å². The number of carbonyl (C=O) groups is 3. The maximum Gasteiger partial charge on any atom is 0.471 e. The van der Waals surface area contributed by atoms with Crippen LogP contribution in [0.5, 0.6) is 0 Å². The highest BCUT2D eigenvalue weighted by atomic mass is 19.4. The zero-order chi connectivity index (χ0) is 43.2. The van der Waals surface area contributed by atoms with Gasteiger partial charge < -0.3 is 19.5 Å². The molecule has 1 saturated heterocycles. The molecule has 0 spiro atoms. The lowest BCUT2D eigenvalue weighted by Gasteiger charge is -2.46. The van der Waals surface area contributed by atoms with Gasteiger partial charge in [-0.15, -0.1) is 0 Å². The molecule has 2 aliphatic heterocycles. The van der Waals surface area contributed by atoms with Crippen LogP contribution in [-0.2, 0) is 40.3 Å². The Kier molecular flexibility index (Phi) is 10.4. The molecular formula is C51H44F3N5O4. The lowest BCUT2D eigenvalue weighted by Crippen LogP contribution is -2.60. The molecule has 2 aromatic heterocycles. The average molecular weight is 848 g/mol. The van der Waals surface area contributed by atoms with Crippen molar-refractivity contribution in [2.45, 2.75) is 69.0 Å². The summed E-state index contributed by atoms with van der Waals surface area (Å²) in [4.78, 5) is 55.2. The van der Waals surface area contributed by atoms with E-state index in [4.69, 9.17) is 4.74 Å². The fraction of sp³-hybridized carbons (Fsp3) is 0.255. The van der Waals surface area contributed by atoms with Crippen LogP contribution in [0.4, 0.5) is 18.0 Å². The number of nitrogens with one attached hydrogen (secondary N) is 1. The molecule has 5 aromatic carbocycles. The largest absolute Gasteiger partial charge is 0.471 e. The Morgan fingerprint density at radius 3 is 2.19 bits per heavy atom. The first-order chi connectivity index (χ1) is 30.6. The molecule has 12 heteroatoms. The second kappa shape index (κ2) is 16.4. The number of halogens is 3. The number of pyridine rings is 1. The molecule has 0 saturated carbocycles. The van der Waals surface area contributed by atoms with E-state index >= 15 is 4.79 Å². The van der Waals surface area contributed by atoms with Gasteiger partial charge in [-0.3, -0.25) is 19.5 Å². The van der Waals surface area contributed by atoms with Crippen LogP contribution in [0.1, 0.15) is 52.3 Å². The van der Waals surface area contributed by atoms with Crippen molar-refractivity contribution in [2.24, 2.45) is 0 Å². The lowest BCUT2D eigenvalue weighted by molar-refractivity contribution is -0.190. The van der Waals surface area contributed by atoms with Gasteiger partial charge in [-0.1, -0.05) is 115 Å². The summed E-state index contributed by atoms with van der Waals surface area (Å²) in [6.07, 6.45) is -3.44. The van der Waals surface area contributed by atoms with Gasteiger partial charge in [0.1, 0.15) is 12.6 Å². The third-order valence-corrected chi connectivity index (χ3v) is 13.2. The fourth-order valence-electron chi connectivity index (χ4n) is 10.2. The first-order valence-electron chi connectivity index (χ1n) is 21.4. The number of benzene rings is 5. The Morgan fingerprint density at radius 1 is 0.778 bits per heavy atom. The van der Waals surface area contributed by atoms with Crippen LogP contribution >= 0.6 is 0 Å². The number of hydrogen-bond donors (Lipinski definition) is 1. The summed E-state index contributed by atoms with van der Waals surface area (Å²) in [5, 5.41) is 1.62. The minimum absolute atomic E-state index is 0.0711. The highest BCUT2D eigenvalue weighted by Crippen LogP contribution is 2.45. The van der Waals surface area contributed by atoms with Gasteiger partial charge >= 0.3 is 18.2 Å². The van der Waals surface area contributed by atoms with Gasteiger partial charge in [-0.25, -0.2) is 4.79 Å². The van der Waals surface area contributed by atoms with E-state index in [2.05, 4.69) is 34.2 Å². The molecule has 0 unspecified atom stereocenters. The Labute approximate surface area is 362 Å². The lowest BCUT2D eigenvalue weighted by atomic mass is 9.88. The van der Waals surface area contributed by atoms with E-state index in [0.717, 1.165) is 54.9 Å².